The van der Waals surface area contributed by atoms with Crippen LogP contribution >= 0.6 is 0 Å². The van der Waals surface area contributed by atoms with Gasteiger partial charge in [-0.05, 0) is 35.4 Å². The second-order valence-electron chi connectivity index (χ2n) is 6.75. The van der Waals surface area contributed by atoms with Gasteiger partial charge in [-0.15, -0.1) is 0 Å². The molecule has 0 spiro atoms. The molecule has 0 bridgehead atoms. The van der Waals surface area contributed by atoms with Gasteiger partial charge in [0.25, 0.3) is 5.91 Å². The predicted molar refractivity (Wildman–Crippen MR) is 104 cm³/mol. The first kappa shape index (κ1) is 18.5. The highest BCUT2D eigenvalue weighted by Gasteiger charge is 2.28. The monoisotopic (exact) mass is 389 g/mol. The normalized spacial score (nSPS) is 13.7. The summed E-state index contributed by atoms with van der Waals surface area (Å²) in [7, 11) is 0. The van der Waals surface area contributed by atoms with E-state index >= 15 is 0 Å². The van der Waals surface area contributed by atoms with E-state index in [1.54, 1.807) is 53.8 Å². The summed E-state index contributed by atoms with van der Waals surface area (Å²) in [6, 6.07) is 10.6. The summed E-state index contributed by atoms with van der Waals surface area (Å²) in [5, 5.41) is 2.88. The number of likely N-dealkylation sites (tertiary alicyclic amines) is 1. The van der Waals surface area contributed by atoms with Crippen molar-refractivity contribution in [2.24, 2.45) is 0 Å². The molecule has 0 aliphatic carbocycles. The average molecular weight is 389 g/mol. The Labute approximate surface area is 167 Å². The van der Waals surface area contributed by atoms with Crippen molar-refractivity contribution in [2.45, 2.75) is 25.9 Å². The van der Waals surface area contributed by atoms with Gasteiger partial charge in [-0.25, -0.2) is 9.97 Å². The first-order valence-electron chi connectivity index (χ1n) is 9.24. The van der Waals surface area contributed by atoms with Gasteiger partial charge in [-0.2, -0.15) is 0 Å². The molecule has 3 heterocycles. The second-order valence-corrected chi connectivity index (χ2v) is 6.75. The summed E-state index contributed by atoms with van der Waals surface area (Å²) in [6.07, 6.45) is 7.38. The molecule has 1 fully saturated rings. The maximum Gasteiger partial charge on any atom is 0.251 e. The molecule has 0 unspecified atom stereocenters. The van der Waals surface area contributed by atoms with Crippen molar-refractivity contribution in [1.82, 2.24) is 24.8 Å². The third-order valence-electron chi connectivity index (χ3n) is 4.74. The van der Waals surface area contributed by atoms with E-state index in [-0.39, 0.29) is 37.1 Å². The fourth-order valence-corrected chi connectivity index (χ4v) is 3.13. The Morgan fingerprint density at radius 1 is 1.00 bits per heavy atom. The van der Waals surface area contributed by atoms with Gasteiger partial charge in [-0.1, -0.05) is 12.1 Å². The van der Waals surface area contributed by atoms with Crippen LogP contribution in [0.3, 0.4) is 0 Å². The summed E-state index contributed by atoms with van der Waals surface area (Å²) < 4.78 is 1.79. The smallest absolute Gasteiger partial charge is 0.251 e. The molecule has 146 valence electrons. The summed E-state index contributed by atoms with van der Waals surface area (Å²) >= 11 is 0. The van der Waals surface area contributed by atoms with E-state index in [1.807, 2.05) is 12.1 Å². The van der Waals surface area contributed by atoms with Gasteiger partial charge in [0.2, 0.25) is 11.8 Å². The number of nitrogens with one attached hydrogen (secondary N) is 1. The molecular formula is C21H19N5O3. The lowest BCUT2D eigenvalue weighted by Gasteiger charge is -2.14. The van der Waals surface area contributed by atoms with E-state index in [1.165, 1.54) is 4.90 Å². The number of aromatic nitrogens is 3. The van der Waals surface area contributed by atoms with Gasteiger partial charge < -0.3 is 5.32 Å². The fraction of sp³-hybridized carbons (Fsp3) is 0.190. The van der Waals surface area contributed by atoms with Crippen LogP contribution in [-0.2, 0) is 22.7 Å². The third kappa shape index (κ3) is 4.21. The summed E-state index contributed by atoms with van der Waals surface area (Å²) in [5.74, 6) is 0.226. The minimum atomic E-state index is -0.203. The van der Waals surface area contributed by atoms with E-state index in [4.69, 9.17) is 0 Å². The van der Waals surface area contributed by atoms with Crippen molar-refractivity contribution >= 4 is 17.7 Å². The Kier molecular flexibility index (Phi) is 5.15. The lowest BCUT2D eigenvalue weighted by Crippen LogP contribution is -2.28. The largest absolute Gasteiger partial charge is 0.348 e. The van der Waals surface area contributed by atoms with Gasteiger partial charge >= 0.3 is 0 Å². The van der Waals surface area contributed by atoms with E-state index in [0.717, 1.165) is 16.9 Å². The molecule has 1 aromatic carbocycles. The Morgan fingerprint density at radius 3 is 2.45 bits per heavy atom. The number of hydrogen-bond acceptors (Lipinski definition) is 5. The zero-order chi connectivity index (χ0) is 20.2. The molecule has 4 rings (SSSR count). The lowest BCUT2D eigenvalue weighted by atomic mass is 10.1. The van der Waals surface area contributed by atoms with Gasteiger partial charge in [0.05, 0.1) is 6.54 Å². The number of nitrogens with zero attached hydrogens (tertiary/aromatic N) is 4. The van der Waals surface area contributed by atoms with E-state index < -0.39 is 0 Å². The maximum absolute atomic E-state index is 12.4. The highest BCUT2D eigenvalue weighted by atomic mass is 16.2. The standard InChI is InChI=1S/C21H19N5O3/c27-19-5-6-20(28)26(19)13-15-1-3-17(4-2-15)21(29)24-12-16-7-8-23-18(11-16)25-10-9-22-14-25/h1-4,7-11,14H,5-6,12-13H2,(H,24,29). The highest BCUT2D eigenvalue weighted by Crippen LogP contribution is 2.16. The summed E-state index contributed by atoms with van der Waals surface area (Å²) in [4.78, 5) is 45.4. The first-order chi connectivity index (χ1) is 14.1. The molecule has 3 aromatic rings. The lowest BCUT2D eigenvalue weighted by molar-refractivity contribution is -0.139. The summed E-state index contributed by atoms with van der Waals surface area (Å²) in [5.41, 5.74) is 2.24. The number of imide groups is 1. The van der Waals surface area contributed by atoms with Gasteiger partial charge in [0.1, 0.15) is 12.1 Å². The number of pyridine rings is 1. The van der Waals surface area contributed by atoms with Crippen LogP contribution in [0.5, 0.6) is 0 Å². The number of rotatable bonds is 6. The molecule has 1 aliphatic rings. The Hall–Kier alpha value is -3.81. The van der Waals surface area contributed by atoms with Crippen LogP contribution in [0, 0.1) is 0 Å². The van der Waals surface area contributed by atoms with E-state index in [0.29, 0.717) is 12.1 Å². The molecule has 8 nitrogen and oxygen atoms in total. The Bertz CT molecular complexity index is 1030. The number of hydrogen-bond donors (Lipinski definition) is 1. The summed E-state index contributed by atoms with van der Waals surface area (Å²) in [6.45, 7) is 0.606. The zero-order valence-electron chi connectivity index (χ0n) is 15.6. The molecular weight excluding hydrogens is 370 g/mol. The van der Waals surface area contributed by atoms with Crippen LogP contribution in [0.1, 0.15) is 34.3 Å². The van der Waals surface area contributed by atoms with Crippen molar-refractivity contribution in [3.8, 4) is 5.82 Å². The van der Waals surface area contributed by atoms with Crippen molar-refractivity contribution in [1.29, 1.82) is 0 Å². The number of imidazole rings is 1. The fourth-order valence-electron chi connectivity index (χ4n) is 3.13. The predicted octanol–water partition coefficient (Wildman–Crippen LogP) is 1.85. The molecule has 1 saturated heterocycles. The average Bonchev–Trinajstić information content (AvgIpc) is 3.39. The van der Waals surface area contributed by atoms with E-state index in [9.17, 15) is 14.4 Å². The maximum atomic E-state index is 12.4. The molecule has 8 heteroatoms. The van der Waals surface area contributed by atoms with Crippen LogP contribution in [0.4, 0.5) is 0 Å². The highest BCUT2D eigenvalue weighted by molar-refractivity contribution is 6.01. The van der Waals surface area contributed by atoms with Crippen molar-refractivity contribution in [3.05, 3.63) is 78.0 Å². The SMILES string of the molecule is O=C(NCc1ccnc(-n2ccnc2)c1)c1ccc(CN2C(=O)CCC2=O)cc1. The molecule has 0 radical (unpaired) electrons. The van der Waals surface area contributed by atoms with Gasteiger partial charge in [0.15, 0.2) is 0 Å². The van der Waals surface area contributed by atoms with Gasteiger partial charge in [-0.3, -0.25) is 23.9 Å². The van der Waals surface area contributed by atoms with Crippen LogP contribution in [-0.4, -0.2) is 37.2 Å². The Balaban J connectivity index is 1.36. The zero-order valence-corrected chi connectivity index (χ0v) is 15.6. The molecule has 1 aliphatic heterocycles. The topological polar surface area (TPSA) is 97.2 Å². The van der Waals surface area contributed by atoms with Crippen LogP contribution in [0.15, 0.2) is 61.3 Å². The molecule has 29 heavy (non-hydrogen) atoms. The molecule has 1 N–H and O–H groups in total. The number of carbonyl (C=O) groups is 3. The van der Waals surface area contributed by atoms with Gasteiger partial charge in [0, 0.05) is 43.5 Å². The third-order valence-corrected chi connectivity index (χ3v) is 4.74. The molecule has 0 saturated carbocycles. The number of carbonyl (C=O) groups excluding carboxylic acids is 3. The molecule has 2 aromatic heterocycles. The second kappa shape index (κ2) is 8.05. The van der Waals surface area contributed by atoms with Crippen LogP contribution < -0.4 is 5.32 Å². The van der Waals surface area contributed by atoms with Crippen LogP contribution in [0.2, 0.25) is 0 Å². The van der Waals surface area contributed by atoms with Crippen molar-refractivity contribution in [3.63, 3.8) is 0 Å². The number of benzene rings is 1. The van der Waals surface area contributed by atoms with Crippen LogP contribution in [0.25, 0.3) is 5.82 Å². The number of amides is 3. The molecule has 3 amide bonds. The van der Waals surface area contributed by atoms with Crippen molar-refractivity contribution < 1.29 is 14.4 Å². The molecule has 0 atom stereocenters. The Morgan fingerprint density at radius 2 is 1.76 bits per heavy atom. The van der Waals surface area contributed by atoms with Crippen molar-refractivity contribution in [2.75, 3.05) is 0 Å². The quantitative estimate of drug-likeness (QED) is 0.649. The minimum absolute atomic E-state index is 0.149. The minimum Gasteiger partial charge on any atom is -0.348 e. The van der Waals surface area contributed by atoms with E-state index in [2.05, 4.69) is 15.3 Å². The first-order valence-corrected chi connectivity index (χ1v) is 9.24.